The molecule has 0 saturated heterocycles. The van der Waals surface area contributed by atoms with Crippen molar-refractivity contribution in [3.8, 4) is 0 Å². The second-order valence-electron chi connectivity index (χ2n) is 4.32. The molecule has 0 radical (unpaired) electrons. The highest BCUT2D eigenvalue weighted by atomic mass is 32.1. The van der Waals surface area contributed by atoms with Gasteiger partial charge < -0.3 is 5.11 Å². The minimum absolute atomic E-state index is 0.282. The Morgan fingerprint density at radius 2 is 2.06 bits per heavy atom. The summed E-state index contributed by atoms with van der Waals surface area (Å²) in [6.45, 7) is 6.81. The van der Waals surface area contributed by atoms with Gasteiger partial charge in [-0.2, -0.15) is 0 Å². The van der Waals surface area contributed by atoms with E-state index in [0.717, 1.165) is 12.8 Å². The SMILES string of the molecule is CCCc1ccc(C(CCCO)=C(C)C)s1. The predicted molar refractivity (Wildman–Crippen MR) is 72.9 cm³/mol. The molecule has 0 aliphatic rings. The minimum Gasteiger partial charge on any atom is -0.396 e. The largest absolute Gasteiger partial charge is 0.396 e. The molecular weight excluding hydrogens is 216 g/mol. The number of hydrogen-bond acceptors (Lipinski definition) is 2. The van der Waals surface area contributed by atoms with Gasteiger partial charge in [0.15, 0.2) is 0 Å². The summed E-state index contributed by atoms with van der Waals surface area (Å²) in [4.78, 5) is 2.86. The van der Waals surface area contributed by atoms with Crippen LogP contribution >= 0.6 is 11.3 Å². The third kappa shape index (κ3) is 3.76. The molecule has 0 aliphatic carbocycles. The van der Waals surface area contributed by atoms with E-state index in [4.69, 9.17) is 5.11 Å². The van der Waals surface area contributed by atoms with Gasteiger partial charge in [-0.15, -0.1) is 11.3 Å². The Morgan fingerprint density at radius 3 is 2.62 bits per heavy atom. The second kappa shape index (κ2) is 6.87. The van der Waals surface area contributed by atoms with Crippen LogP contribution in [0.3, 0.4) is 0 Å². The molecule has 0 unspecified atom stereocenters. The lowest BCUT2D eigenvalue weighted by molar-refractivity contribution is 0.290. The summed E-state index contributed by atoms with van der Waals surface area (Å²) >= 11 is 1.90. The first kappa shape index (κ1) is 13.5. The molecule has 90 valence electrons. The molecular formula is C14H22OS. The normalized spacial score (nSPS) is 10.5. The highest BCUT2D eigenvalue weighted by Crippen LogP contribution is 2.30. The van der Waals surface area contributed by atoms with Crippen molar-refractivity contribution in [2.45, 2.75) is 46.5 Å². The average molecular weight is 238 g/mol. The van der Waals surface area contributed by atoms with Crippen molar-refractivity contribution in [3.63, 3.8) is 0 Å². The van der Waals surface area contributed by atoms with Gasteiger partial charge in [0.05, 0.1) is 0 Å². The van der Waals surface area contributed by atoms with Gasteiger partial charge in [-0.3, -0.25) is 0 Å². The van der Waals surface area contributed by atoms with Crippen molar-refractivity contribution in [3.05, 3.63) is 27.5 Å². The summed E-state index contributed by atoms with van der Waals surface area (Å²) in [6, 6.07) is 4.47. The summed E-state index contributed by atoms with van der Waals surface area (Å²) in [5, 5.41) is 8.91. The fourth-order valence-corrected chi connectivity index (χ4v) is 3.09. The molecule has 0 spiro atoms. The van der Waals surface area contributed by atoms with Crippen LogP contribution in [0.2, 0.25) is 0 Å². The van der Waals surface area contributed by atoms with E-state index >= 15 is 0 Å². The molecule has 0 atom stereocenters. The molecule has 1 aromatic rings. The zero-order valence-corrected chi connectivity index (χ0v) is 11.4. The van der Waals surface area contributed by atoms with Gasteiger partial charge in [0.25, 0.3) is 0 Å². The van der Waals surface area contributed by atoms with Crippen molar-refractivity contribution in [1.82, 2.24) is 0 Å². The fraction of sp³-hybridized carbons (Fsp3) is 0.571. The van der Waals surface area contributed by atoms with E-state index in [0.29, 0.717) is 0 Å². The molecule has 1 aromatic heterocycles. The summed E-state index contributed by atoms with van der Waals surface area (Å²) in [7, 11) is 0. The van der Waals surface area contributed by atoms with Crippen LogP contribution in [0.1, 0.15) is 49.8 Å². The summed E-state index contributed by atoms with van der Waals surface area (Å²) in [5.41, 5.74) is 2.79. The fourth-order valence-electron chi connectivity index (χ4n) is 1.80. The van der Waals surface area contributed by atoms with Crippen LogP contribution in [0.25, 0.3) is 5.57 Å². The Labute approximate surface area is 103 Å². The first-order chi connectivity index (χ1) is 7.69. The zero-order valence-electron chi connectivity index (χ0n) is 10.5. The molecule has 0 aromatic carbocycles. The maximum absolute atomic E-state index is 8.91. The summed E-state index contributed by atoms with van der Waals surface area (Å²) < 4.78 is 0. The third-order valence-corrected chi connectivity index (χ3v) is 3.85. The monoisotopic (exact) mass is 238 g/mol. The van der Waals surface area contributed by atoms with Gasteiger partial charge in [0.1, 0.15) is 0 Å². The van der Waals surface area contributed by atoms with Crippen LogP contribution in [0.15, 0.2) is 17.7 Å². The molecule has 1 heterocycles. The van der Waals surface area contributed by atoms with Crippen LogP contribution in [-0.2, 0) is 6.42 Å². The third-order valence-electron chi connectivity index (χ3n) is 2.64. The van der Waals surface area contributed by atoms with Crippen LogP contribution < -0.4 is 0 Å². The first-order valence-electron chi connectivity index (χ1n) is 6.05. The highest BCUT2D eigenvalue weighted by molar-refractivity contribution is 7.13. The van der Waals surface area contributed by atoms with Gasteiger partial charge in [0, 0.05) is 16.4 Å². The lowest BCUT2D eigenvalue weighted by Gasteiger charge is -2.06. The molecule has 0 bridgehead atoms. The van der Waals surface area contributed by atoms with E-state index in [-0.39, 0.29) is 6.61 Å². The molecule has 0 saturated carbocycles. The Morgan fingerprint density at radius 1 is 1.31 bits per heavy atom. The summed E-state index contributed by atoms with van der Waals surface area (Å²) in [6.07, 6.45) is 4.24. The molecule has 0 fully saturated rings. The minimum atomic E-state index is 0.282. The molecule has 1 N–H and O–H groups in total. The van der Waals surface area contributed by atoms with Crippen LogP contribution in [0.5, 0.6) is 0 Å². The van der Waals surface area contributed by atoms with Gasteiger partial charge >= 0.3 is 0 Å². The number of rotatable bonds is 6. The van der Waals surface area contributed by atoms with Crippen molar-refractivity contribution in [2.75, 3.05) is 6.61 Å². The van der Waals surface area contributed by atoms with Crippen molar-refractivity contribution >= 4 is 16.9 Å². The number of thiophene rings is 1. The van der Waals surface area contributed by atoms with Crippen LogP contribution in [-0.4, -0.2) is 11.7 Å². The standard InChI is InChI=1S/C14H22OS/c1-4-6-12-8-9-14(16-12)13(11(2)3)7-5-10-15/h8-9,15H,4-7,10H2,1-3H3. The van der Waals surface area contributed by atoms with E-state index in [2.05, 4.69) is 32.9 Å². The molecule has 0 amide bonds. The Kier molecular flexibility index (Phi) is 5.78. The molecule has 1 nitrogen and oxygen atoms in total. The lowest BCUT2D eigenvalue weighted by atomic mass is 10.0. The average Bonchev–Trinajstić information content (AvgIpc) is 2.67. The van der Waals surface area contributed by atoms with E-state index < -0.39 is 0 Å². The van der Waals surface area contributed by atoms with E-state index in [1.165, 1.54) is 33.7 Å². The molecule has 16 heavy (non-hydrogen) atoms. The number of hydrogen-bond donors (Lipinski definition) is 1. The van der Waals surface area contributed by atoms with Crippen LogP contribution in [0.4, 0.5) is 0 Å². The number of aliphatic hydroxyl groups excluding tert-OH is 1. The smallest absolute Gasteiger partial charge is 0.0434 e. The van der Waals surface area contributed by atoms with E-state index in [9.17, 15) is 0 Å². The quantitative estimate of drug-likeness (QED) is 0.785. The maximum Gasteiger partial charge on any atom is 0.0434 e. The highest BCUT2D eigenvalue weighted by Gasteiger charge is 2.07. The molecule has 0 aliphatic heterocycles. The topological polar surface area (TPSA) is 20.2 Å². The van der Waals surface area contributed by atoms with Gasteiger partial charge in [-0.25, -0.2) is 0 Å². The van der Waals surface area contributed by atoms with Crippen LogP contribution in [0, 0.1) is 0 Å². The number of allylic oxidation sites excluding steroid dienone is 2. The summed E-state index contributed by atoms with van der Waals surface area (Å²) in [5.74, 6) is 0. The maximum atomic E-state index is 8.91. The first-order valence-corrected chi connectivity index (χ1v) is 6.87. The predicted octanol–water partition coefficient (Wildman–Crippen LogP) is 4.27. The Bertz CT molecular complexity index is 345. The number of aliphatic hydroxyl groups is 1. The number of aryl methyl sites for hydroxylation is 1. The van der Waals surface area contributed by atoms with Crippen molar-refractivity contribution in [2.24, 2.45) is 0 Å². The molecule has 2 heteroatoms. The van der Waals surface area contributed by atoms with Gasteiger partial charge in [-0.05, 0) is 50.8 Å². The zero-order chi connectivity index (χ0) is 12.0. The Hall–Kier alpha value is -0.600. The van der Waals surface area contributed by atoms with E-state index in [1.54, 1.807) is 0 Å². The van der Waals surface area contributed by atoms with Crippen molar-refractivity contribution < 1.29 is 5.11 Å². The van der Waals surface area contributed by atoms with E-state index in [1.807, 2.05) is 11.3 Å². The van der Waals surface area contributed by atoms with Crippen molar-refractivity contribution in [1.29, 1.82) is 0 Å². The Balaban J connectivity index is 2.81. The van der Waals surface area contributed by atoms with Gasteiger partial charge in [-0.1, -0.05) is 18.9 Å². The molecule has 1 rings (SSSR count). The second-order valence-corrected chi connectivity index (χ2v) is 5.49. The van der Waals surface area contributed by atoms with Gasteiger partial charge in [0.2, 0.25) is 0 Å². The lowest BCUT2D eigenvalue weighted by Crippen LogP contribution is -1.88.